The van der Waals surface area contributed by atoms with Crippen molar-refractivity contribution in [1.29, 1.82) is 0 Å². The van der Waals surface area contributed by atoms with Gasteiger partial charge < -0.3 is 9.64 Å². The molecule has 0 unspecified atom stereocenters. The van der Waals surface area contributed by atoms with E-state index in [-0.39, 0.29) is 0 Å². The molecule has 0 saturated carbocycles. The number of hydrogen-bond acceptors (Lipinski definition) is 2. The number of likely N-dealkylation sites (N-methyl/N-ethyl adjacent to an activating group) is 1. The topological polar surface area (TPSA) is 12.5 Å². The van der Waals surface area contributed by atoms with E-state index in [0.29, 0.717) is 12.1 Å². The number of rotatable bonds is 1. The first-order valence-electron chi connectivity index (χ1n) is 3.98. The van der Waals surface area contributed by atoms with Gasteiger partial charge in [0.15, 0.2) is 0 Å². The van der Waals surface area contributed by atoms with Gasteiger partial charge in [0.25, 0.3) is 0 Å². The van der Waals surface area contributed by atoms with E-state index in [2.05, 4.69) is 25.9 Å². The van der Waals surface area contributed by atoms with Crippen LogP contribution in [0.2, 0.25) is 0 Å². The van der Waals surface area contributed by atoms with Gasteiger partial charge in [0, 0.05) is 6.04 Å². The average Bonchev–Trinajstić information content (AvgIpc) is 1.88. The molecule has 1 heterocycles. The molecule has 60 valence electrons. The monoisotopic (exact) mass is 143 g/mol. The Morgan fingerprint density at radius 1 is 1.30 bits per heavy atom. The maximum atomic E-state index is 5.51. The van der Waals surface area contributed by atoms with Crippen molar-refractivity contribution >= 4 is 0 Å². The lowest BCUT2D eigenvalue weighted by Gasteiger charge is -2.31. The predicted molar refractivity (Wildman–Crippen MR) is 42.1 cm³/mol. The minimum Gasteiger partial charge on any atom is -0.377 e. The first-order valence-corrected chi connectivity index (χ1v) is 3.98. The molecular weight excluding hydrogens is 126 g/mol. The lowest BCUT2D eigenvalue weighted by Crippen LogP contribution is -2.38. The van der Waals surface area contributed by atoms with Crippen LogP contribution in [-0.4, -0.2) is 37.7 Å². The summed E-state index contributed by atoms with van der Waals surface area (Å²) in [4.78, 5) is 2.24. The first-order chi connectivity index (χ1) is 4.70. The Labute approximate surface area is 63.2 Å². The highest BCUT2D eigenvalue weighted by Crippen LogP contribution is 2.15. The van der Waals surface area contributed by atoms with Gasteiger partial charge in [-0.25, -0.2) is 0 Å². The summed E-state index contributed by atoms with van der Waals surface area (Å²) in [6, 6.07) is 0.649. The summed E-state index contributed by atoms with van der Waals surface area (Å²) in [5.74, 6) is 0. The van der Waals surface area contributed by atoms with E-state index >= 15 is 0 Å². The Bertz CT molecular complexity index is 95.4. The molecule has 2 heteroatoms. The highest BCUT2D eigenvalue weighted by molar-refractivity contribution is 4.72. The fourth-order valence-electron chi connectivity index (χ4n) is 1.28. The van der Waals surface area contributed by atoms with Gasteiger partial charge in [0.1, 0.15) is 0 Å². The molecular formula is C8H17NO. The Hall–Kier alpha value is -0.0800. The van der Waals surface area contributed by atoms with Gasteiger partial charge in [0.2, 0.25) is 0 Å². The van der Waals surface area contributed by atoms with Crippen molar-refractivity contribution in [2.45, 2.75) is 31.9 Å². The van der Waals surface area contributed by atoms with Crippen LogP contribution >= 0.6 is 0 Å². The van der Waals surface area contributed by atoms with Gasteiger partial charge in [-0.3, -0.25) is 0 Å². The Morgan fingerprint density at radius 2 is 2.00 bits per heavy atom. The highest BCUT2D eigenvalue weighted by atomic mass is 16.5. The van der Waals surface area contributed by atoms with Crippen LogP contribution in [0.25, 0.3) is 0 Å². The third-order valence-corrected chi connectivity index (χ3v) is 2.21. The Balaban J connectivity index is 2.26. The maximum absolute atomic E-state index is 5.51. The van der Waals surface area contributed by atoms with Gasteiger partial charge in [0.05, 0.1) is 12.7 Å². The van der Waals surface area contributed by atoms with Gasteiger partial charge >= 0.3 is 0 Å². The third-order valence-electron chi connectivity index (χ3n) is 2.21. The second-order valence-electron chi connectivity index (χ2n) is 3.34. The molecule has 10 heavy (non-hydrogen) atoms. The van der Waals surface area contributed by atoms with Crippen molar-refractivity contribution in [3.63, 3.8) is 0 Å². The Morgan fingerprint density at radius 3 is 2.40 bits per heavy atom. The maximum Gasteiger partial charge on any atom is 0.0625 e. The van der Waals surface area contributed by atoms with Crippen molar-refractivity contribution in [2.75, 3.05) is 20.7 Å². The zero-order valence-electron chi connectivity index (χ0n) is 7.13. The molecule has 1 aliphatic rings. The number of ether oxygens (including phenoxy) is 1. The fourth-order valence-corrected chi connectivity index (χ4v) is 1.28. The van der Waals surface area contributed by atoms with Crippen molar-refractivity contribution in [2.24, 2.45) is 0 Å². The molecule has 1 rings (SSSR count). The quantitative estimate of drug-likeness (QED) is 0.545. The van der Waals surface area contributed by atoms with E-state index in [4.69, 9.17) is 4.74 Å². The van der Waals surface area contributed by atoms with E-state index < -0.39 is 0 Å². The SMILES string of the molecule is C[C@H]1CC[C@H](N(C)C)CO1. The lowest BCUT2D eigenvalue weighted by atomic mass is 10.1. The lowest BCUT2D eigenvalue weighted by molar-refractivity contribution is -0.0158. The van der Waals surface area contributed by atoms with E-state index in [1.165, 1.54) is 12.8 Å². The fraction of sp³-hybridized carbons (Fsp3) is 1.00. The molecule has 1 saturated heterocycles. The molecule has 0 N–H and O–H groups in total. The summed E-state index contributed by atoms with van der Waals surface area (Å²) < 4.78 is 5.51. The molecule has 2 nitrogen and oxygen atoms in total. The minimum atomic E-state index is 0.483. The number of nitrogens with zero attached hydrogens (tertiary/aromatic N) is 1. The van der Waals surface area contributed by atoms with E-state index in [1.807, 2.05) is 0 Å². The van der Waals surface area contributed by atoms with Gasteiger partial charge in [-0.05, 0) is 33.9 Å². The van der Waals surface area contributed by atoms with Crippen LogP contribution in [0.4, 0.5) is 0 Å². The smallest absolute Gasteiger partial charge is 0.0625 e. The van der Waals surface area contributed by atoms with Crippen LogP contribution in [-0.2, 0) is 4.74 Å². The zero-order valence-corrected chi connectivity index (χ0v) is 7.13. The van der Waals surface area contributed by atoms with Crippen LogP contribution in [0.1, 0.15) is 19.8 Å². The van der Waals surface area contributed by atoms with Gasteiger partial charge in [-0.15, -0.1) is 0 Å². The third kappa shape index (κ3) is 1.96. The van der Waals surface area contributed by atoms with Gasteiger partial charge in [-0.1, -0.05) is 0 Å². The summed E-state index contributed by atoms with van der Waals surface area (Å²) in [5, 5.41) is 0. The van der Waals surface area contributed by atoms with Crippen LogP contribution in [0.3, 0.4) is 0 Å². The zero-order chi connectivity index (χ0) is 7.56. The van der Waals surface area contributed by atoms with E-state index in [1.54, 1.807) is 0 Å². The molecule has 0 aliphatic carbocycles. The standard InChI is InChI=1S/C8H17NO/c1-7-4-5-8(6-10-7)9(2)3/h7-8H,4-6H2,1-3H3/t7-,8-/m0/s1. The van der Waals surface area contributed by atoms with E-state index in [0.717, 1.165) is 6.61 Å². The molecule has 0 aromatic rings. The second-order valence-corrected chi connectivity index (χ2v) is 3.34. The van der Waals surface area contributed by atoms with E-state index in [9.17, 15) is 0 Å². The first kappa shape index (κ1) is 8.02. The Kier molecular flexibility index (Phi) is 2.69. The minimum absolute atomic E-state index is 0.483. The summed E-state index contributed by atoms with van der Waals surface area (Å²) in [7, 11) is 4.23. The molecule has 0 aromatic carbocycles. The van der Waals surface area contributed by atoms with Crippen molar-refractivity contribution < 1.29 is 4.74 Å². The molecule has 1 fully saturated rings. The number of hydrogen-bond donors (Lipinski definition) is 0. The van der Waals surface area contributed by atoms with Crippen LogP contribution < -0.4 is 0 Å². The summed E-state index contributed by atoms with van der Waals surface area (Å²) in [6.45, 7) is 3.06. The molecule has 1 aliphatic heterocycles. The summed E-state index contributed by atoms with van der Waals surface area (Å²) >= 11 is 0. The molecule has 0 spiro atoms. The second kappa shape index (κ2) is 3.35. The van der Waals surface area contributed by atoms with Crippen molar-refractivity contribution in [3.8, 4) is 0 Å². The molecule has 0 amide bonds. The highest BCUT2D eigenvalue weighted by Gasteiger charge is 2.19. The molecule has 0 radical (unpaired) electrons. The van der Waals surface area contributed by atoms with Crippen molar-refractivity contribution in [3.05, 3.63) is 0 Å². The average molecular weight is 143 g/mol. The van der Waals surface area contributed by atoms with Crippen LogP contribution in [0.5, 0.6) is 0 Å². The van der Waals surface area contributed by atoms with Crippen LogP contribution in [0, 0.1) is 0 Å². The largest absolute Gasteiger partial charge is 0.377 e. The summed E-state index contributed by atoms with van der Waals surface area (Å²) in [5.41, 5.74) is 0. The molecule has 0 aromatic heterocycles. The molecule has 0 bridgehead atoms. The predicted octanol–water partition coefficient (Wildman–Crippen LogP) is 1.12. The van der Waals surface area contributed by atoms with Crippen LogP contribution in [0.15, 0.2) is 0 Å². The van der Waals surface area contributed by atoms with Crippen molar-refractivity contribution in [1.82, 2.24) is 4.90 Å². The normalized spacial score (nSPS) is 34.8. The molecule has 2 atom stereocenters. The summed E-state index contributed by atoms with van der Waals surface area (Å²) in [6.07, 6.45) is 2.98. The van der Waals surface area contributed by atoms with Gasteiger partial charge in [-0.2, -0.15) is 0 Å².